The van der Waals surface area contributed by atoms with E-state index >= 15 is 0 Å². The van der Waals surface area contributed by atoms with Crippen molar-refractivity contribution in [2.75, 3.05) is 6.54 Å². The summed E-state index contributed by atoms with van der Waals surface area (Å²) in [5.74, 6) is 0.678. The van der Waals surface area contributed by atoms with Gasteiger partial charge in [-0.05, 0) is 62.3 Å². The molecule has 0 radical (unpaired) electrons. The van der Waals surface area contributed by atoms with E-state index in [1.807, 2.05) is 0 Å². The van der Waals surface area contributed by atoms with Crippen LogP contribution in [0.1, 0.15) is 63.5 Å². The van der Waals surface area contributed by atoms with Crippen LogP contribution in [0.15, 0.2) is 22.7 Å². The lowest BCUT2D eigenvalue weighted by Crippen LogP contribution is -2.33. The molecule has 0 saturated carbocycles. The fraction of sp³-hybridized carbons (Fsp3) is 0.625. The highest BCUT2D eigenvalue weighted by molar-refractivity contribution is 9.10. The van der Waals surface area contributed by atoms with E-state index in [0.717, 1.165) is 6.54 Å². The second kappa shape index (κ2) is 5.75. The summed E-state index contributed by atoms with van der Waals surface area (Å²) >= 11 is 3.77. The fourth-order valence-electron chi connectivity index (χ4n) is 3.07. The number of benzene rings is 1. The number of hydrogen-bond donors (Lipinski definition) is 1. The highest BCUT2D eigenvalue weighted by Crippen LogP contribution is 2.36. The van der Waals surface area contributed by atoms with Crippen LogP contribution >= 0.6 is 15.9 Å². The summed E-state index contributed by atoms with van der Waals surface area (Å²) in [6, 6.07) is 6.96. The molecule has 0 aliphatic carbocycles. The molecule has 18 heavy (non-hydrogen) atoms. The van der Waals surface area contributed by atoms with Crippen LogP contribution in [0, 0.1) is 0 Å². The molecule has 2 heteroatoms. The van der Waals surface area contributed by atoms with Crippen LogP contribution in [0.3, 0.4) is 0 Å². The summed E-state index contributed by atoms with van der Waals surface area (Å²) in [7, 11) is 0. The minimum absolute atomic E-state index is 0.176. The van der Waals surface area contributed by atoms with Crippen molar-refractivity contribution >= 4 is 15.9 Å². The van der Waals surface area contributed by atoms with Crippen LogP contribution in [-0.2, 0) is 5.54 Å². The number of halogens is 1. The topological polar surface area (TPSA) is 12.0 Å². The Hall–Kier alpha value is -0.340. The number of hydrogen-bond acceptors (Lipinski definition) is 1. The average Bonchev–Trinajstić information content (AvgIpc) is 2.81. The first-order valence-corrected chi connectivity index (χ1v) is 7.95. The second-order valence-electron chi connectivity index (χ2n) is 5.61. The lowest BCUT2D eigenvalue weighted by Gasteiger charge is -2.26. The molecule has 0 aromatic heterocycles. The van der Waals surface area contributed by atoms with Crippen LogP contribution in [0.4, 0.5) is 0 Å². The highest BCUT2D eigenvalue weighted by Gasteiger charge is 2.30. The quantitative estimate of drug-likeness (QED) is 0.829. The third kappa shape index (κ3) is 2.65. The van der Waals surface area contributed by atoms with Crippen LogP contribution in [0.2, 0.25) is 0 Å². The van der Waals surface area contributed by atoms with Gasteiger partial charge in [-0.1, -0.05) is 41.9 Å². The first-order chi connectivity index (χ1) is 8.60. The first kappa shape index (κ1) is 14.1. The van der Waals surface area contributed by atoms with Gasteiger partial charge in [-0.2, -0.15) is 0 Å². The Morgan fingerprint density at radius 3 is 2.56 bits per heavy atom. The SMILES string of the molecule is CCC(CC)c1ccc(C2(C)CCCN2)cc1Br. The van der Waals surface area contributed by atoms with Gasteiger partial charge in [0.1, 0.15) is 0 Å². The maximum Gasteiger partial charge on any atom is 0.0406 e. The Morgan fingerprint density at radius 1 is 1.33 bits per heavy atom. The summed E-state index contributed by atoms with van der Waals surface area (Å²) in [4.78, 5) is 0. The highest BCUT2D eigenvalue weighted by atomic mass is 79.9. The van der Waals surface area contributed by atoms with E-state index in [1.54, 1.807) is 0 Å². The van der Waals surface area contributed by atoms with E-state index in [4.69, 9.17) is 0 Å². The smallest absolute Gasteiger partial charge is 0.0406 e. The minimum Gasteiger partial charge on any atom is -0.308 e. The molecular formula is C16H24BrN. The van der Waals surface area contributed by atoms with Gasteiger partial charge >= 0.3 is 0 Å². The molecular weight excluding hydrogens is 286 g/mol. The van der Waals surface area contributed by atoms with Gasteiger partial charge in [0.25, 0.3) is 0 Å². The van der Waals surface area contributed by atoms with E-state index in [2.05, 4.69) is 60.2 Å². The minimum atomic E-state index is 0.176. The van der Waals surface area contributed by atoms with Gasteiger partial charge in [0, 0.05) is 10.0 Å². The molecule has 2 rings (SSSR count). The van der Waals surface area contributed by atoms with Gasteiger partial charge in [0.2, 0.25) is 0 Å². The molecule has 1 aliphatic heterocycles. The molecule has 1 fully saturated rings. The van der Waals surface area contributed by atoms with E-state index in [9.17, 15) is 0 Å². The summed E-state index contributed by atoms with van der Waals surface area (Å²) in [6.07, 6.45) is 4.94. The molecule has 1 nitrogen and oxygen atoms in total. The lowest BCUT2D eigenvalue weighted by molar-refractivity contribution is 0.434. The molecule has 0 amide bonds. The van der Waals surface area contributed by atoms with Crippen molar-refractivity contribution in [3.05, 3.63) is 33.8 Å². The zero-order valence-electron chi connectivity index (χ0n) is 11.7. The van der Waals surface area contributed by atoms with Gasteiger partial charge in [0.15, 0.2) is 0 Å². The van der Waals surface area contributed by atoms with Crippen molar-refractivity contribution in [2.45, 2.75) is 57.9 Å². The first-order valence-electron chi connectivity index (χ1n) is 7.15. The summed E-state index contributed by atoms with van der Waals surface area (Å²) in [5, 5.41) is 3.63. The monoisotopic (exact) mass is 309 g/mol. The van der Waals surface area contributed by atoms with Crippen molar-refractivity contribution in [2.24, 2.45) is 0 Å². The van der Waals surface area contributed by atoms with Gasteiger partial charge in [-0.15, -0.1) is 0 Å². The van der Waals surface area contributed by atoms with Crippen LogP contribution in [0.5, 0.6) is 0 Å². The molecule has 1 saturated heterocycles. The van der Waals surface area contributed by atoms with Crippen LogP contribution < -0.4 is 5.32 Å². The standard InChI is InChI=1S/C16H24BrN/c1-4-12(5-2)14-8-7-13(11-15(14)17)16(3)9-6-10-18-16/h7-8,11-12,18H,4-6,9-10H2,1-3H3. The van der Waals surface area contributed by atoms with Crippen molar-refractivity contribution in [1.29, 1.82) is 0 Å². The van der Waals surface area contributed by atoms with Crippen molar-refractivity contribution in [3.8, 4) is 0 Å². The number of nitrogens with one attached hydrogen (secondary N) is 1. The maximum absolute atomic E-state index is 3.77. The third-order valence-electron chi connectivity index (χ3n) is 4.43. The van der Waals surface area contributed by atoms with Gasteiger partial charge < -0.3 is 5.32 Å². The molecule has 1 aromatic carbocycles. The summed E-state index contributed by atoms with van der Waals surface area (Å²) < 4.78 is 1.28. The van der Waals surface area contributed by atoms with Crippen molar-refractivity contribution in [1.82, 2.24) is 5.32 Å². The molecule has 0 bridgehead atoms. The average molecular weight is 310 g/mol. The Labute approximate surface area is 119 Å². The molecule has 0 spiro atoms. The molecule has 1 aromatic rings. The van der Waals surface area contributed by atoms with E-state index in [-0.39, 0.29) is 5.54 Å². The largest absolute Gasteiger partial charge is 0.308 e. The normalized spacial score (nSPS) is 23.8. The van der Waals surface area contributed by atoms with Gasteiger partial charge in [-0.3, -0.25) is 0 Å². The zero-order chi connectivity index (χ0) is 13.2. The van der Waals surface area contributed by atoms with Crippen LogP contribution in [0.25, 0.3) is 0 Å². The Balaban J connectivity index is 2.29. The molecule has 1 unspecified atom stereocenters. The summed E-state index contributed by atoms with van der Waals surface area (Å²) in [5.41, 5.74) is 3.06. The van der Waals surface area contributed by atoms with Crippen molar-refractivity contribution in [3.63, 3.8) is 0 Å². The predicted molar refractivity (Wildman–Crippen MR) is 82.1 cm³/mol. The molecule has 1 N–H and O–H groups in total. The third-order valence-corrected chi connectivity index (χ3v) is 5.12. The van der Waals surface area contributed by atoms with Gasteiger partial charge in [0.05, 0.1) is 0 Å². The van der Waals surface area contributed by atoms with E-state index < -0.39 is 0 Å². The van der Waals surface area contributed by atoms with Crippen molar-refractivity contribution < 1.29 is 0 Å². The number of rotatable bonds is 4. The second-order valence-corrected chi connectivity index (χ2v) is 6.47. The molecule has 100 valence electrons. The van der Waals surface area contributed by atoms with E-state index in [1.165, 1.54) is 41.3 Å². The lowest BCUT2D eigenvalue weighted by atomic mass is 9.87. The predicted octanol–water partition coefficient (Wildman–Crippen LogP) is 4.95. The Morgan fingerprint density at radius 2 is 2.06 bits per heavy atom. The molecule has 1 heterocycles. The van der Waals surface area contributed by atoms with Crippen LogP contribution in [-0.4, -0.2) is 6.54 Å². The Kier molecular flexibility index (Phi) is 4.50. The maximum atomic E-state index is 3.77. The summed E-state index contributed by atoms with van der Waals surface area (Å²) in [6.45, 7) is 8.00. The Bertz CT molecular complexity index is 404. The fourth-order valence-corrected chi connectivity index (χ4v) is 3.77. The molecule has 1 aliphatic rings. The van der Waals surface area contributed by atoms with E-state index in [0.29, 0.717) is 5.92 Å². The molecule has 1 atom stereocenters. The zero-order valence-corrected chi connectivity index (χ0v) is 13.3. The van der Waals surface area contributed by atoms with Gasteiger partial charge in [-0.25, -0.2) is 0 Å².